The SMILES string of the molecule is CCCc1ccc(OCCNC(=O)COc2ccc3c(c2)CCCC3)cc1. The average Bonchev–Trinajstić information content (AvgIpc) is 2.71. The Bertz CT molecular complexity index is 740. The fourth-order valence-corrected chi connectivity index (χ4v) is 3.40. The number of aryl methyl sites for hydroxylation is 3. The van der Waals surface area contributed by atoms with Crippen molar-refractivity contribution in [2.75, 3.05) is 19.8 Å². The van der Waals surface area contributed by atoms with Crippen molar-refractivity contribution in [2.24, 2.45) is 0 Å². The van der Waals surface area contributed by atoms with Crippen molar-refractivity contribution in [1.29, 1.82) is 0 Å². The van der Waals surface area contributed by atoms with E-state index < -0.39 is 0 Å². The summed E-state index contributed by atoms with van der Waals surface area (Å²) in [7, 11) is 0. The number of rotatable bonds is 9. The molecule has 4 heteroatoms. The van der Waals surface area contributed by atoms with Gasteiger partial charge < -0.3 is 14.8 Å². The zero-order valence-corrected chi connectivity index (χ0v) is 16.1. The van der Waals surface area contributed by atoms with E-state index in [0.29, 0.717) is 13.2 Å². The molecule has 0 radical (unpaired) electrons. The van der Waals surface area contributed by atoms with Crippen LogP contribution in [0.15, 0.2) is 42.5 Å². The summed E-state index contributed by atoms with van der Waals surface area (Å²) >= 11 is 0. The smallest absolute Gasteiger partial charge is 0.258 e. The summed E-state index contributed by atoms with van der Waals surface area (Å²) in [6, 6.07) is 14.3. The topological polar surface area (TPSA) is 47.6 Å². The number of carbonyl (C=O) groups excluding carboxylic acids is 1. The summed E-state index contributed by atoms with van der Waals surface area (Å²) < 4.78 is 11.3. The highest BCUT2D eigenvalue weighted by molar-refractivity contribution is 5.77. The molecule has 0 fully saturated rings. The van der Waals surface area contributed by atoms with Gasteiger partial charge in [-0.2, -0.15) is 0 Å². The van der Waals surface area contributed by atoms with Gasteiger partial charge in [0.2, 0.25) is 0 Å². The minimum absolute atomic E-state index is 0.0322. The lowest BCUT2D eigenvalue weighted by Crippen LogP contribution is -2.32. The van der Waals surface area contributed by atoms with E-state index in [2.05, 4.69) is 36.5 Å². The van der Waals surface area contributed by atoms with Gasteiger partial charge in [-0.1, -0.05) is 31.5 Å². The zero-order valence-electron chi connectivity index (χ0n) is 16.1. The van der Waals surface area contributed by atoms with E-state index in [1.54, 1.807) is 0 Å². The number of fused-ring (bicyclic) bond motifs is 1. The molecule has 0 saturated carbocycles. The summed E-state index contributed by atoms with van der Waals surface area (Å²) in [5.74, 6) is 1.47. The Hall–Kier alpha value is -2.49. The second-order valence-electron chi connectivity index (χ2n) is 7.02. The van der Waals surface area contributed by atoms with Gasteiger partial charge in [0, 0.05) is 0 Å². The number of benzene rings is 2. The van der Waals surface area contributed by atoms with Gasteiger partial charge in [0.25, 0.3) is 5.91 Å². The summed E-state index contributed by atoms with van der Waals surface area (Å²) in [5, 5.41) is 2.83. The lowest BCUT2D eigenvalue weighted by atomic mass is 9.92. The maximum atomic E-state index is 11.9. The Kier molecular flexibility index (Phi) is 7.14. The van der Waals surface area contributed by atoms with Crippen LogP contribution in [0.1, 0.15) is 42.9 Å². The van der Waals surface area contributed by atoms with Gasteiger partial charge in [0.15, 0.2) is 6.61 Å². The number of hydrogen-bond acceptors (Lipinski definition) is 3. The molecule has 0 aromatic heterocycles. The molecule has 0 saturated heterocycles. The van der Waals surface area contributed by atoms with Crippen LogP contribution in [-0.2, 0) is 24.1 Å². The Labute approximate surface area is 161 Å². The van der Waals surface area contributed by atoms with Gasteiger partial charge in [-0.15, -0.1) is 0 Å². The molecule has 144 valence electrons. The number of nitrogens with one attached hydrogen (secondary N) is 1. The van der Waals surface area contributed by atoms with Crippen molar-refractivity contribution < 1.29 is 14.3 Å². The van der Waals surface area contributed by atoms with Gasteiger partial charge in [0.1, 0.15) is 18.1 Å². The Morgan fingerprint density at radius 3 is 2.48 bits per heavy atom. The Morgan fingerprint density at radius 1 is 0.963 bits per heavy atom. The summed E-state index contributed by atoms with van der Waals surface area (Å²) in [5.41, 5.74) is 4.09. The highest BCUT2D eigenvalue weighted by atomic mass is 16.5. The Morgan fingerprint density at radius 2 is 1.70 bits per heavy atom. The van der Waals surface area contributed by atoms with Gasteiger partial charge in [-0.05, 0) is 73.1 Å². The van der Waals surface area contributed by atoms with E-state index in [-0.39, 0.29) is 12.5 Å². The van der Waals surface area contributed by atoms with Crippen LogP contribution in [0, 0.1) is 0 Å². The summed E-state index contributed by atoms with van der Waals surface area (Å²) in [4.78, 5) is 11.9. The molecule has 0 atom stereocenters. The minimum Gasteiger partial charge on any atom is -0.492 e. The van der Waals surface area contributed by atoms with Gasteiger partial charge in [0.05, 0.1) is 6.54 Å². The first kappa shape index (κ1) is 19.3. The first-order valence-corrected chi connectivity index (χ1v) is 9.97. The fourth-order valence-electron chi connectivity index (χ4n) is 3.40. The molecule has 0 bridgehead atoms. The van der Waals surface area contributed by atoms with Gasteiger partial charge >= 0.3 is 0 Å². The molecule has 4 nitrogen and oxygen atoms in total. The molecular weight excluding hydrogens is 338 g/mol. The van der Waals surface area contributed by atoms with Crippen LogP contribution in [0.2, 0.25) is 0 Å². The summed E-state index contributed by atoms with van der Waals surface area (Å²) in [6.07, 6.45) is 6.98. The fraction of sp³-hybridized carbons (Fsp3) is 0.435. The van der Waals surface area contributed by atoms with Crippen LogP contribution in [0.3, 0.4) is 0 Å². The third-order valence-corrected chi connectivity index (χ3v) is 4.84. The highest BCUT2D eigenvalue weighted by Gasteiger charge is 2.10. The highest BCUT2D eigenvalue weighted by Crippen LogP contribution is 2.25. The van der Waals surface area contributed by atoms with Crippen molar-refractivity contribution >= 4 is 5.91 Å². The van der Waals surface area contributed by atoms with E-state index in [0.717, 1.165) is 37.2 Å². The first-order chi connectivity index (χ1) is 13.2. The van der Waals surface area contributed by atoms with Crippen LogP contribution in [0.5, 0.6) is 11.5 Å². The maximum Gasteiger partial charge on any atom is 0.258 e. The third-order valence-electron chi connectivity index (χ3n) is 4.84. The molecule has 27 heavy (non-hydrogen) atoms. The van der Waals surface area contributed by atoms with Crippen LogP contribution in [0.25, 0.3) is 0 Å². The van der Waals surface area contributed by atoms with Crippen molar-refractivity contribution in [2.45, 2.75) is 45.4 Å². The molecular formula is C23H29NO3. The molecule has 0 unspecified atom stereocenters. The van der Waals surface area contributed by atoms with Crippen LogP contribution < -0.4 is 14.8 Å². The standard InChI is InChI=1S/C23H29NO3/c1-2-5-18-8-11-21(12-9-18)26-15-14-24-23(25)17-27-22-13-10-19-6-3-4-7-20(19)16-22/h8-13,16H,2-7,14-15,17H2,1H3,(H,24,25). The molecule has 1 aliphatic carbocycles. The van der Waals surface area contributed by atoms with E-state index in [4.69, 9.17) is 9.47 Å². The first-order valence-electron chi connectivity index (χ1n) is 9.97. The molecule has 1 N–H and O–H groups in total. The number of carbonyl (C=O) groups is 1. The molecule has 2 aromatic carbocycles. The quantitative estimate of drug-likeness (QED) is 0.679. The normalized spacial score (nSPS) is 12.9. The minimum atomic E-state index is -0.130. The maximum absolute atomic E-state index is 11.9. The van der Waals surface area contributed by atoms with Crippen LogP contribution in [-0.4, -0.2) is 25.7 Å². The van der Waals surface area contributed by atoms with E-state index in [1.807, 2.05) is 18.2 Å². The van der Waals surface area contributed by atoms with E-state index in [9.17, 15) is 4.79 Å². The Balaban J connectivity index is 1.34. The predicted molar refractivity (Wildman–Crippen MR) is 108 cm³/mol. The third kappa shape index (κ3) is 6.02. The molecule has 0 heterocycles. The van der Waals surface area contributed by atoms with Crippen molar-refractivity contribution in [3.8, 4) is 11.5 Å². The van der Waals surface area contributed by atoms with Crippen LogP contribution >= 0.6 is 0 Å². The molecule has 1 amide bonds. The molecule has 0 spiro atoms. The summed E-state index contributed by atoms with van der Waals surface area (Å²) in [6.45, 7) is 3.10. The molecule has 1 aliphatic rings. The van der Waals surface area contributed by atoms with Crippen molar-refractivity contribution in [1.82, 2.24) is 5.32 Å². The van der Waals surface area contributed by atoms with E-state index in [1.165, 1.54) is 29.5 Å². The van der Waals surface area contributed by atoms with Crippen LogP contribution in [0.4, 0.5) is 0 Å². The molecule has 3 rings (SSSR count). The van der Waals surface area contributed by atoms with Gasteiger partial charge in [-0.3, -0.25) is 4.79 Å². The predicted octanol–water partition coefficient (Wildman–Crippen LogP) is 4.09. The monoisotopic (exact) mass is 367 g/mol. The average molecular weight is 367 g/mol. The second-order valence-corrected chi connectivity index (χ2v) is 7.02. The number of ether oxygens (including phenoxy) is 2. The largest absolute Gasteiger partial charge is 0.492 e. The van der Waals surface area contributed by atoms with Gasteiger partial charge in [-0.25, -0.2) is 0 Å². The number of amides is 1. The molecule has 0 aliphatic heterocycles. The lowest BCUT2D eigenvalue weighted by molar-refractivity contribution is -0.123. The van der Waals surface area contributed by atoms with Crippen molar-refractivity contribution in [3.63, 3.8) is 0 Å². The second kappa shape index (κ2) is 10.0. The lowest BCUT2D eigenvalue weighted by Gasteiger charge is -2.16. The van der Waals surface area contributed by atoms with Crippen molar-refractivity contribution in [3.05, 3.63) is 59.2 Å². The molecule has 2 aromatic rings. The number of hydrogen-bond donors (Lipinski definition) is 1. The van der Waals surface area contributed by atoms with E-state index >= 15 is 0 Å². The zero-order chi connectivity index (χ0) is 18.9.